The van der Waals surface area contributed by atoms with Gasteiger partial charge >= 0.3 is 5.92 Å². The predicted molar refractivity (Wildman–Crippen MR) is 85.8 cm³/mol. The highest BCUT2D eigenvalue weighted by Gasteiger charge is 2.33. The van der Waals surface area contributed by atoms with Gasteiger partial charge in [-0.05, 0) is 17.9 Å². The largest absolute Gasteiger partial charge is 0.300 e. The normalized spacial score (nSPS) is 12.7. The number of hydrogen-bond acceptors (Lipinski definition) is 5. The van der Waals surface area contributed by atoms with E-state index in [9.17, 15) is 13.6 Å². The summed E-state index contributed by atoms with van der Waals surface area (Å²) in [5.41, 5.74) is 0.219. The molecule has 0 unspecified atom stereocenters. The third kappa shape index (κ3) is 4.03. The van der Waals surface area contributed by atoms with Gasteiger partial charge in [0.15, 0.2) is 5.01 Å². The minimum absolute atomic E-state index is 0.122. The molecule has 0 aromatic carbocycles. The smallest absolute Gasteiger partial charge is 0.265 e. The third-order valence-corrected chi connectivity index (χ3v) is 4.97. The molecule has 0 atom stereocenters. The van der Waals surface area contributed by atoms with Crippen LogP contribution in [0.3, 0.4) is 0 Å². The van der Waals surface area contributed by atoms with E-state index < -0.39 is 11.8 Å². The zero-order chi connectivity index (χ0) is 17.0. The molecule has 2 aromatic heterocycles. The van der Waals surface area contributed by atoms with Crippen LogP contribution in [0.1, 0.15) is 35.8 Å². The molecule has 0 aliphatic carbocycles. The van der Waals surface area contributed by atoms with Gasteiger partial charge in [0.25, 0.3) is 5.91 Å². The summed E-state index contributed by atoms with van der Waals surface area (Å²) in [6, 6.07) is 3.52. The molecule has 124 valence electrons. The number of rotatable bonds is 5. The molecular formula is C14H16F2N4OS2. The van der Waals surface area contributed by atoms with Gasteiger partial charge in [-0.2, -0.15) is 18.9 Å². The van der Waals surface area contributed by atoms with Crippen molar-refractivity contribution in [1.29, 1.82) is 0 Å². The molecule has 0 N–H and O–H groups in total. The number of alkyl halides is 2. The van der Waals surface area contributed by atoms with Gasteiger partial charge in [0.05, 0.1) is 0 Å². The van der Waals surface area contributed by atoms with Crippen LogP contribution in [0, 0.1) is 0 Å². The van der Waals surface area contributed by atoms with Crippen molar-refractivity contribution >= 4 is 29.0 Å². The highest BCUT2D eigenvalue weighted by Crippen LogP contribution is 2.31. The Labute approximate surface area is 140 Å². The van der Waals surface area contributed by atoms with Gasteiger partial charge in [-0.15, -0.1) is 11.8 Å². The van der Waals surface area contributed by atoms with Gasteiger partial charge in [-0.1, -0.05) is 25.2 Å². The number of hydrogen-bond donors (Lipinski definition) is 0. The number of amides is 1. The van der Waals surface area contributed by atoms with Crippen LogP contribution in [0.5, 0.6) is 0 Å². The monoisotopic (exact) mass is 358 g/mol. The van der Waals surface area contributed by atoms with E-state index in [0.29, 0.717) is 11.3 Å². The zero-order valence-electron chi connectivity index (χ0n) is 12.9. The number of halogens is 2. The van der Waals surface area contributed by atoms with Crippen molar-refractivity contribution in [3.8, 4) is 0 Å². The van der Waals surface area contributed by atoms with Gasteiger partial charge < -0.3 is 0 Å². The first-order valence-corrected chi connectivity index (χ1v) is 8.78. The minimum atomic E-state index is -3.02. The number of aromatic nitrogens is 3. The second kappa shape index (κ2) is 7.31. The van der Waals surface area contributed by atoms with E-state index in [1.54, 1.807) is 12.1 Å². The topological polar surface area (TPSA) is 60.1 Å². The van der Waals surface area contributed by atoms with Crippen LogP contribution in [0.4, 0.5) is 8.78 Å². The fourth-order valence-electron chi connectivity index (χ4n) is 1.71. The molecule has 0 fully saturated rings. The van der Waals surface area contributed by atoms with E-state index >= 15 is 0 Å². The van der Waals surface area contributed by atoms with Crippen LogP contribution in [-0.4, -0.2) is 26.4 Å². The Hall–Kier alpha value is -1.61. The van der Waals surface area contributed by atoms with Crippen LogP contribution in [-0.2, 0) is 13.0 Å². The molecule has 0 aliphatic rings. The highest BCUT2D eigenvalue weighted by molar-refractivity contribution is 7.99. The highest BCUT2D eigenvalue weighted by atomic mass is 32.2. The summed E-state index contributed by atoms with van der Waals surface area (Å²) in [6.07, 6.45) is 1.15. The van der Waals surface area contributed by atoms with Gasteiger partial charge in [-0.25, -0.2) is 9.67 Å². The van der Waals surface area contributed by atoms with Crippen LogP contribution >= 0.6 is 23.1 Å². The number of nitrogens with zero attached hydrogens (tertiary/aromatic N) is 4. The summed E-state index contributed by atoms with van der Waals surface area (Å²) < 4.78 is 28.6. The summed E-state index contributed by atoms with van der Waals surface area (Å²) in [5.74, 6) is -2.80. The van der Waals surface area contributed by atoms with E-state index in [2.05, 4.69) is 15.1 Å². The predicted octanol–water partition coefficient (Wildman–Crippen LogP) is 3.23. The van der Waals surface area contributed by atoms with Crippen LogP contribution in [0.2, 0.25) is 0 Å². The Bertz CT molecular complexity index is 770. The molecule has 0 radical (unpaired) electrons. The fraction of sp³-hybridized carbons (Fsp3) is 0.429. The molecule has 0 bridgehead atoms. The zero-order valence-corrected chi connectivity index (χ0v) is 14.5. The molecule has 0 saturated heterocycles. The molecule has 0 saturated carbocycles. The second-order valence-corrected chi connectivity index (χ2v) is 6.83. The number of carbonyl (C=O) groups is 1. The van der Waals surface area contributed by atoms with Crippen molar-refractivity contribution in [3.63, 3.8) is 0 Å². The Kier molecular flexibility index (Phi) is 5.64. The van der Waals surface area contributed by atoms with E-state index in [0.717, 1.165) is 10.6 Å². The van der Waals surface area contributed by atoms with E-state index in [1.807, 2.05) is 6.92 Å². The molecule has 2 heterocycles. The van der Waals surface area contributed by atoms with Gasteiger partial charge in [0.2, 0.25) is 4.80 Å². The van der Waals surface area contributed by atoms with E-state index in [4.69, 9.17) is 0 Å². The first-order valence-electron chi connectivity index (χ1n) is 6.98. The van der Waals surface area contributed by atoms with Crippen molar-refractivity contribution in [2.45, 2.75) is 31.1 Å². The average Bonchev–Trinajstić information content (AvgIpc) is 2.90. The van der Waals surface area contributed by atoms with E-state index in [-0.39, 0.29) is 21.9 Å². The SMILES string of the molecule is CCSc1cccnc1C(=O)N=c1sc(C(F)(F)CC)nn1C. The van der Waals surface area contributed by atoms with Crippen molar-refractivity contribution in [2.75, 3.05) is 5.75 Å². The van der Waals surface area contributed by atoms with Gasteiger partial charge in [0.1, 0.15) is 5.69 Å². The molecule has 0 aliphatic heterocycles. The maximum absolute atomic E-state index is 13.7. The maximum atomic E-state index is 13.7. The molecule has 5 nitrogen and oxygen atoms in total. The Morgan fingerprint density at radius 3 is 2.87 bits per heavy atom. The standard InChI is InChI=1S/C14H16F2N4OS2/c1-4-14(15,16)12-19-20(3)13(23-12)18-11(21)10-9(22-5-2)7-6-8-17-10/h6-8H,4-5H2,1-3H3. The van der Waals surface area contributed by atoms with Crippen molar-refractivity contribution in [2.24, 2.45) is 12.0 Å². The minimum Gasteiger partial charge on any atom is -0.265 e. The van der Waals surface area contributed by atoms with Crippen LogP contribution in [0.25, 0.3) is 0 Å². The summed E-state index contributed by atoms with van der Waals surface area (Å²) in [4.78, 5) is 21.1. The number of carbonyl (C=O) groups excluding carboxylic acids is 1. The van der Waals surface area contributed by atoms with Gasteiger partial charge in [-0.3, -0.25) is 4.79 Å². The molecule has 9 heteroatoms. The molecule has 0 spiro atoms. The Balaban J connectivity index is 2.41. The lowest BCUT2D eigenvalue weighted by Gasteiger charge is -2.08. The van der Waals surface area contributed by atoms with Gasteiger partial charge in [0, 0.05) is 24.6 Å². The maximum Gasteiger partial charge on any atom is 0.300 e. The van der Waals surface area contributed by atoms with Crippen molar-refractivity contribution < 1.29 is 13.6 Å². The lowest BCUT2D eigenvalue weighted by atomic mass is 10.3. The van der Waals surface area contributed by atoms with Crippen LogP contribution < -0.4 is 4.80 Å². The number of pyridine rings is 1. The third-order valence-electron chi connectivity index (χ3n) is 2.93. The number of thioether (sulfide) groups is 1. The lowest BCUT2D eigenvalue weighted by molar-refractivity contribution is -0.00963. The fourth-order valence-corrected chi connectivity index (χ4v) is 3.40. The van der Waals surface area contributed by atoms with Crippen LogP contribution in [0.15, 0.2) is 28.2 Å². The summed E-state index contributed by atoms with van der Waals surface area (Å²) in [5, 5.41) is 3.42. The number of aryl methyl sites for hydroxylation is 1. The summed E-state index contributed by atoms with van der Waals surface area (Å²) in [6.45, 7) is 3.34. The Morgan fingerprint density at radius 1 is 1.48 bits per heavy atom. The lowest BCUT2D eigenvalue weighted by Crippen LogP contribution is -2.16. The van der Waals surface area contributed by atoms with Crippen molar-refractivity contribution in [3.05, 3.63) is 33.8 Å². The first kappa shape index (κ1) is 17.7. The Morgan fingerprint density at radius 2 is 2.22 bits per heavy atom. The first-order chi connectivity index (χ1) is 10.9. The molecule has 23 heavy (non-hydrogen) atoms. The molecule has 1 amide bonds. The summed E-state index contributed by atoms with van der Waals surface area (Å²) in [7, 11) is 1.48. The summed E-state index contributed by atoms with van der Waals surface area (Å²) >= 11 is 2.19. The van der Waals surface area contributed by atoms with E-state index in [1.165, 1.54) is 36.6 Å². The average molecular weight is 358 g/mol. The second-order valence-electron chi connectivity index (χ2n) is 4.57. The molecule has 2 aromatic rings. The quantitative estimate of drug-likeness (QED) is 0.770. The molecule has 2 rings (SSSR count). The molecular weight excluding hydrogens is 342 g/mol. The van der Waals surface area contributed by atoms with Crippen molar-refractivity contribution in [1.82, 2.24) is 14.8 Å².